The van der Waals surface area contributed by atoms with Gasteiger partial charge in [0, 0.05) is 12.2 Å². The molecule has 0 spiro atoms. The lowest BCUT2D eigenvalue weighted by atomic mass is 10.2. The number of sulfonamides is 1. The van der Waals surface area contributed by atoms with E-state index in [-0.39, 0.29) is 4.90 Å². The summed E-state index contributed by atoms with van der Waals surface area (Å²) in [5, 5.41) is 5.20. The molecule has 23 heavy (non-hydrogen) atoms. The highest BCUT2D eigenvalue weighted by Gasteiger charge is 2.22. The summed E-state index contributed by atoms with van der Waals surface area (Å²) in [6.45, 7) is 1.50. The number of nitrogens with zero attached hydrogens (tertiary/aromatic N) is 2. The van der Waals surface area contributed by atoms with Gasteiger partial charge >= 0.3 is 0 Å². The molecule has 0 saturated heterocycles. The van der Waals surface area contributed by atoms with Crippen molar-refractivity contribution in [2.24, 2.45) is 5.14 Å². The molecule has 3 aromatic rings. The minimum absolute atomic E-state index is 0.168. The first-order valence-electron chi connectivity index (χ1n) is 7.35. The number of H-pyrrole nitrogens is 1. The van der Waals surface area contributed by atoms with Crippen molar-refractivity contribution in [3.63, 3.8) is 0 Å². The summed E-state index contributed by atoms with van der Waals surface area (Å²) in [4.78, 5) is 10.3. The Balaban J connectivity index is 1.63. The van der Waals surface area contributed by atoms with Gasteiger partial charge in [-0.3, -0.25) is 0 Å². The zero-order valence-corrected chi connectivity index (χ0v) is 13.2. The van der Waals surface area contributed by atoms with E-state index in [4.69, 9.17) is 5.14 Å². The van der Waals surface area contributed by atoms with Gasteiger partial charge in [-0.25, -0.2) is 18.5 Å². The van der Waals surface area contributed by atoms with Crippen molar-refractivity contribution in [2.75, 3.05) is 11.4 Å². The molecule has 0 atom stereocenters. The highest BCUT2D eigenvalue weighted by Crippen LogP contribution is 2.31. The number of anilines is 1. The zero-order chi connectivity index (χ0) is 16.0. The van der Waals surface area contributed by atoms with Gasteiger partial charge in [0.05, 0.1) is 22.5 Å². The van der Waals surface area contributed by atoms with Crippen LogP contribution in [-0.4, -0.2) is 24.9 Å². The van der Waals surface area contributed by atoms with E-state index in [9.17, 15) is 8.42 Å². The molecule has 4 rings (SSSR count). The topological polar surface area (TPSA) is 92.1 Å². The largest absolute Gasteiger partial charge is 0.364 e. The first-order valence-corrected chi connectivity index (χ1v) is 8.90. The Bertz CT molecular complexity index is 961. The van der Waals surface area contributed by atoms with Gasteiger partial charge in [0.25, 0.3) is 0 Å². The standard InChI is InChI=1S/C16H16N4O2S/c17-23(21,22)12-5-6-15-11(9-12)7-8-20(15)10-16-18-13-3-1-2-4-14(13)19-16/h1-6,9H,7-8,10H2,(H,18,19)(H2,17,21,22). The Morgan fingerprint density at radius 1 is 1.22 bits per heavy atom. The summed E-state index contributed by atoms with van der Waals surface area (Å²) < 4.78 is 22.9. The number of aromatic amines is 1. The second-order valence-corrected chi connectivity index (χ2v) is 7.27. The number of hydrogen-bond acceptors (Lipinski definition) is 4. The molecule has 1 aliphatic rings. The molecule has 6 nitrogen and oxygen atoms in total. The van der Waals surface area contributed by atoms with E-state index in [1.807, 2.05) is 30.3 Å². The van der Waals surface area contributed by atoms with Gasteiger partial charge in [-0.15, -0.1) is 0 Å². The molecule has 1 aliphatic heterocycles. The molecule has 1 aromatic heterocycles. The van der Waals surface area contributed by atoms with Crippen LogP contribution in [-0.2, 0) is 23.0 Å². The summed E-state index contributed by atoms with van der Waals surface area (Å²) >= 11 is 0. The number of nitrogens with two attached hydrogens (primary N) is 1. The molecule has 0 radical (unpaired) electrons. The van der Waals surface area contributed by atoms with Gasteiger partial charge in [-0.05, 0) is 42.3 Å². The highest BCUT2D eigenvalue weighted by atomic mass is 32.2. The van der Waals surface area contributed by atoms with Crippen LogP contribution in [0.3, 0.4) is 0 Å². The maximum absolute atomic E-state index is 11.5. The van der Waals surface area contributed by atoms with Crippen LogP contribution in [0.5, 0.6) is 0 Å². The Morgan fingerprint density at radius 2 is 2.04 bits per heavy atom. The maximum atomic E-state index is 11.5. The van der Waals surface area contributed by atoms with Crippen LogP contribution < -0.4 is 10.0 Å². The van der Waals surface area contributed by atoms with Crippen LogP contribution in [0.1, 0.15) is 11.4 Å². The Morgan fingerprint density at radius 3 is 2.83 bits per heavy atom. The van der Waals surface area contributed by atoms with Gasteiger partial charge in [0.2, 0.25) is 10.0 Å². The minimum atomic E-state index is -3.66. The quantitative estimate of drug-likeness (QED) is 0.766. The molecule has 0 amide bonds. The molecule has 2 aromatic carbocycles. The fourth-order valence-electron chi connectivity index (χ4n) is 3.05. The van der Waals surface area contributed by atoms with Crippen LogP contribution >= 0.6 is 0 Å². The third-order valence-corrected chi connectivity index (χ3v) is 5.06. The smallest absolute Gasteiger partial charge is 0.238 e. The van der Waals surface area contributed by atoms with Crippen LogP contribution in [0.2, 0.25) is 0 Å². The fraction of sp³-hybridized carbons (Fsp3) is 0.188. The molecule has 7 heteroatoms. The number of aromatic nitrogens is 2. The lowest BCUT2D eigenvalue weighted by Crippen LogP contribution is -2.20. The Labute approximate surface area is 134 Å². The van der Waals surface area contributed by atoms with Gasteiger partial charge in [-0.2, -0.15) is 0 Å². The number of primary sulfonamides is 1. The predicted octanol–water partition coefficient (Wildman–Crippen LogP) is 1.77. The van der Waals surface area contributed by atoms with Crippen LogP contribution in [0.4, 0.5) is 5.69 Å². The van der Waals surface area contributed by atoms with Crippen molar-refractivity contribution in [3.8, 4) is 0 Å². The van der Waals surface area contributed by atoms with E-state index in [1.54, 1.807) is 12.1 Å². The second kappa shape index (κ2) is 5.07. The number of fused-ring (bicyclic) bond motifs is 2. The minimum Gasteiger partial charge on any atom is -0.364 e. The zero-order valence-electron chi connectivity index (χ0n) is 12.4. The summed E-state index contributed by atoms with van der Waals surface area (Å²) in [6, 6.07) is 13.0. The number of nitrogens with one attached hydrogen (secondary N) is 1. The monoisotopic (exact) mass is 328 g/mol. The molecular weight excluding hydrogens is 312 g/mol. The number of rotatable bonds is 3. The molecule has 0 aliphatic carbocycles. The Hall–Kier alpha value is -2.38. The molecule has 0 unspecified atom stereocenters. The SMILES string of the molecule is NS(=O)(=O)c1ccc2c(c1)CCN2Cc1nc2ccccc2[nH]1. The van der Waals surface area contributed by atoms with Gasteiger partial charge in [0.15, 0.2) is 0 Å². The lowest BCUT2D eigenvalue weighted by molar-refractivity contribution is 0.597. The van der Waals surface area contributed by atoms with Crippen molar-refractivity contribution < 1.29 is 8.42 Å². The first kappa shape index (κ1) is 14.2. The number of benzene rings is 2. The fourth-order valence-corrected chi connectivity index (χ4v) is 3.61. The molecule has 118 valence electrons. The van der Waals surface area contributed by atoms with Gasteiger partial charge < -0.3 is 9.88 Å². The van der Waals surface area contributed by atoms with Gasteiger partial charge in [-0.1, -0.05) is 12.1 Å². The van der Waals surface area contributed by atoms with Crippen LogP contribution in [0.25, 0.3) is 11.0 Å². The van der Waals surface area contributed by atoms with E-state index < -0.39 is 10.0 Å². The van der Waals surface area contributed by atoms with Crippen molar-refractivity contribution in [1.82, 2.24) is 9.97 Å². The third kappa shape index (κ3) is 2.58. The molecule has 0 fully saturated rings. The molecule has 0 bridgehead atoms. The maximum Gasteiger partial charge on any atom is 0.238 e. The Kier molecular flexibility index (Phi) is 3.14. The van der Waals surface area contributed by atoms with Crippen LogP contribution in [0.15, 0.2) is 47.4 Å². The summed E-state index contributed by atoms with van der Waals surface area (Å²) in [6.07, 6.45) is 0.804. The molecular formula is C16H16N4O2S. The van der Waals surface area contributed by atoms with E-state index in [1.165, 1.54) is 0 Å². The van der Waals surface area contributed by atoms with E-state index in [0.29, 0.717) is 6.54 Å². The molecule has 0 saturated carbocycles. The van der Waals surface area contributed by atoms with Crippen LogP contribution in [0, 0.1) is 0 Å². The van der Waals surface area contributed by atoms with Crippen molar-refractivity contribution in [2.45, 2.75) is 17.9 Å². The molecule has 2 heterocycles. The third-order valence-electron chi connectivity index (χ3n) is 4.15. The number of para-hydroxylation sites is 2. The summed E-state index contributed by atoms with van der Waals surface area (Å²) in [5.41, 5.74) is 4.02. The summed E-state index contributed by atoms with van der Waals surface area (Å²) in [7, 11) is -3.66. The number of imidazole rings is 1. The average Bonchev–Trinajstić information content (AvgIpc) is 3.10. The predicted molar refractivity (Wildman–Crippen MR) is 88.7 cm³/mol. The molecule has 3 N–H and O–H groups in total. The lowest BCUT2D eigenvalue weighted by Gasteiger charge is -2.18. The normalized spacial score (nSPS) is 14.4. The second-order valence-electron chi connectivity index (χ2n) is 5.71. The first-order chi connectivity index (χ1) is 11.0. The van der Waals surface area contributed by atoms with Crippen molar-refractivity contribution >= 4 is 26.7 Å². The van der Waals surface area contributed by atoms with E-state index in [0.717, 1.165) is 41.1 Å². The van der Waals surface area contributed by atoms with Crippen molar-refractivity contribution in [3.05, 3.63) is 53.9 Å². The average molecular weight is 328 g/mol. The number of hydrogen-bond donors (Lipinski definition) is 2. The van der Waals surface area contributed by atoms with Crippen molar-refractivity contribution in [1.29, 1.82) is 0 Å². The van der Waals surface area contributed by atoms with Gasteiger partial charge in [0.1, 0.15) is 5.82 Å². The van der Waals surface area contributed by atoms with E-state index in [2.05, 4.69) is 14.9 Å². The highest BCUT2D eigenvalue weighted by molar-refractivity contribution is 7.89. The van der Waals surface area contributed by atoms with E-state index >= 15 is 0 Å². The summed E-state index contributed by atoms with van der Waals surface area (Å²) in [5.74, 6) is 0.898.